The number of H-pyrrole nitrogens is 1. The Hall–Kier alpha value is -4.42. The first-order valence-electron chi connectivity index (χ1n) is 16.0. The monoisotopic (exact) mass is 642 g/mol. The van der Waals surface area contributed by atoms with Crippen molar-refractivity contribution in [3.05, 3.63) is 36.0 Å². The summed E-state index contributed by atoms with van der Waals surface area (Å²) in [5.74, 6) is -5.04. The first kappa shape index (κ1) is 37.8. The fourth-order valence-corrected chi connectivity index (χ4v) is 5.03. The molecule has 13 heteroatoms. The highest BCUT2D eigenvalue weighted by atomic mass is 16.4. The van der Waals surface area contributed by atoms with Crippen LogP contribution in [0.1, 0.15) is 97.5 Å². The molecule has 254 valence electrons. The molecule has 5 amide bonds. The molecule has 2 aromatic rings. The van der Waals surface area contributed by atoms with Gasteiger partial charge in [0.2, 0.25) is 29.5 Å². The van der Waals surface area contributed by atoms with Crippen molar-refractivity contribution < 1.29 is 33.9 Å². The quantitative estimate of drug-likeness (QED) is 0.107. The van der Waals surface area contributed by atoms with E-state index < -0.39 is 66.1 Å². The lowest BCUT2D eigenvalue weighted by Crippen LogP contribution is -2.59. The molecule has 1 aromatic heterocycles. The van der Waals surface area contributed by atoms with Crippen molar-refractivity contribution in [2.75, 3.05) is 0 Å². The van der Waals surface area contributed by atoms with Crippen LogP contribution >= 0.6 is 0 Å². The Balaban J connectivity index is 2.22. The number of rotatable bonds is 20. The Kier molecular flexibility index (Phi) is 15.2. The number of primary amides is 1. The summed E-state index contributed by atoms with van der Waals surface area (Å²) < 4.78 is 0. The number of carboxylic acid groups (broad SMARTS) is 1. The number of carbonyl (C=O) groups excluding carboxylic acids is 5. The molecular weight excluding hydrogens is 592 g/mol. The zero-order valence-electron chi connectivity index (χ0n) is 27.4. The maximum atomic E-state index is 13.7. The second-order valence-electron chi connectivity index (χ2n) is 12.7. The van der Waals surface area contributed by atoms with Gasteiger partial charge in [-0.2, -0.15) is 0 Å². The summed E-state index contributed by atoms with van der Waals surface area (Å²) in [6.07, 6.45) is 7.86. The van der Waals surface area contributed by atoms with E-state index >= 15 is 0 Å². The van der Waals surface area contributed by atoms with Gasteiger partial charge in [0.15, 0.2) is 0 Å². The van der Waals surface area contributed by atoms with Crippen LogP contribution in [0.15, 0.2) is 30.5 Å². The predicted octanol–water partition coefficient (Wildman–Crippen LogP) is 2.57. The number of nitrogens with one attached hydrogen (secondary N) is 5. The Morgan fingerprint density at radius 3 is 2.00 bits per heavy atom. The third-order valence-corrected chi connectivity index (χ3v) is 7.31. The van der Waals surface area contributed by atoms with Gasteiger partial charge in [-0.3, -0.25) is 28.8 Å². The summed E-state index contributed by atoms with van der Waals surface area (Å²) in [6.45, 7) is 7.22. The molecule has 0 fully saturated rings. The van der Waals surface area contributed by atoms with Gasteiger partial charge >= 0.3 is 5.97 Å². The molecule has 1 aromatic carbocycles. The number of aliphatic carboxylic acids is 1. The number of carbonyl (C=O) groups is 6. The number of hydrogen-bond donors (Lipinski definition) is 7. The molecule has 0 aliphatic heterocycles. The Bertz CT molecular complexity index is 1350. The highest BCUT2D eigenvalue weighted by Gasteiger charge is 2.33. The van der Waals surface area contributed by atoms with Gasteiger partial charge in [0.05, 0.1) is 12.8 Å². The number of amides is 5. The maximum absolute atomic E-state index is 13.7. The maximum Gasteiger partial charge on any atom is 0.305 e. The lowest BCUT2D eigenvalue weighted by molar-refractivity contribution is -0.141. The summed E-state index contributed by atoms with van der Waals surface area (Å²) in [6, 6.07) is 3.34. The topological polar surface area (TPSA) is 213 Å². The molecule has 0 saturated heterocycles. The molecule has 0 aliphatic rings. The summed E-state index contributed by atoms with van der Waals surface area (Å²) >= 11 is 0. The SMILES string of the molecule is CCCCCCCCCC(=O)NC(Cc1c[nH]c2ccccc12)C(=O)NC(CC(N)=O)C(=O)NC(CC(=O)O)C(=O)NC(C)(C)C. The van der Waals surface area contributed by atoms with E-state index in [4.69, 9.17) is 5.73 Å². The van der Waals surface area contributed by atoms with Gasteiger partial charge < -0.3 is 37.1 Å². The third-order valence-electron chi connectivity index (χ3n) is 7.31. The number of nitrogens with two attached hydrogens (primary N) is 1. The predicted molar refractivity (Wildman–Crippen MR) is 174 cm³/mol. The van der Waals surface area contributed by atoms with Gasteiger partial charge in [-0.15, -0.1) is 0 Å². The zero-order valence-corrected chi connectivity index (χ0v) is 27.4. The number of aromatic nitrogens is 1. The molecule has 2 rings (SSSR count). The Labute approximate surface area is 270 Å². The van der Waals surface area contributed by atoms with Crippen molar-refractivity contribution in [3.8, 4) is 0 Å². The first-order chi connectivity index (χ1) is 21.7. The van der Waals surface area contributed by atoms with Crippen molar-refractivity contribution in [3.63, 3.8) is 0 Å². The normalized spacial score (nSPS) is 13.3. The molecule has 0 aliphatic carbocycles. The standard InChI is InChI=1S/C33H50N6O7/c1-5-6-7-8-9-10-11-16-28(41)36-24(17-21-20-35-23-15-13-12-14-22(21)23)30(44)37-25(18-27(34)40)31(45)38-26(19-29(42)43)32(46)39-33(2,3)4/h12-15,20,24-26,35H,5-11,16-19H2,1-4H3,(H2,34,40)(H,36,41)(H,37,44)(H,38,45)(H,39,46)(H,42,43). The van der Waals surface area contributed by atoms with E-state index in [2.05, 4.69) is 33.2 Å². The van der Waals surface area contributed by atoms with Gasteiger partial charge in [0, 0.05) is 35.5 Å². The Morgan fingerprint density at radius 1 is 0.804 bits per heavy atom. The van der Waals surface area contributed by atoms with Gasteiger partial charge in [0.1, 0.15) is 18.1 Å². The number of fused-ring (bicyclic) bond motifs is 1. The minimum absolute atomic E-state index is 0.0825. The smallest absolute Gasteiger partial charge is 0.305 e. The van der Waals surface area contributed by atoms with Crippen LogP contribution in [0, 0.1) is 0 Å². The minimum atomic E-state index is -1.53. The molecule has 0 radical (unpaired) electrons. The van der Waals surface area contributed by atoms with Crippen molar-refractivity contribution in [1.29, 1.82) is 0 Å². The van der Waals surface area contributed by atoms with Crippen LogP contribution in [-0.4, -0.2) is 69.3 Å². The minimum Gasteiger partial charge on any atom is -0.481 e. The van der Waals surface area contributed by atoms with Crippen molar-refractivity contribution in [2.24, 2.45) is 5.73 Å². The molecule has 46 heavy (non-hydrogen) atoms. The highest BCUT2D eigenvalue weighted by Crippen LogP contribution is 2.19. The second-order valence-corrected chi connectivity index (χ2v) is 12.7. The summed E-state index contributed by atoms with van der Waals surface area (Å²) in [7, 11) is 0. The van der Waals surface area contributed by atoms with Crippen LogP contribution in [0.25, 0.3) is 10.9 Å². The third kappa shape index (κ3) is 13.7. The molecule has 0 spiro atoms. The van der Waals surface area contributed by atoms with Crippen LogP contribution in [0.4, 0.5) is 0 Å². The van der Waals surface area contributed by atoms with Crippen LogP contribution in [0.2, 0.25) is 0 Å². The van der Waals surface area contributed by atoms with Crippen LogP contribution in [0.3, 0.4) is 0 Å². The van der Waals surface area contributed by atoms with Crippen LogP contribution < -0.4 is 27.0 Å². The molecule has 3 unspecified atom stereocenters. The molecule has 8 N–H and O–H groups in total. The van der Waals surface area contributed by atoms with Crippen molar-refractivity contribution in [1.82, 2.24) is 26.3 Å². The van der Waals surface area contributed by atoms with E-state index in [9.17, 15) is 33.9 Å². The zero-order chi connectivity index (χ0) is 34.3. The number of aromatic amines is 1. The van der Waals surface area contributed by atoms with Crippen molar-refractivity contribution >= 4 is 46.4 Å². The first-order valence-corrected chi connectivity index (χ1v) is 16.0. The number of hydrogen-bond acceptors (Lipinski definition) is 6. The number of carboxylic acids is 1. The fraction of sp³-hybridized carbons (Fsp3) is 0.576. The van der Waals surface area contributed by atoms with E-state index in [-0.39, 0.29) is 18.7 Å². The molecule has 0 saturated carbocycles. The highest BCUT2D eigenvalue weighted by molar-refractivity contribution is 5.97. The number of unbranched alkanes of at least 4 members (excludes halogenated alkanes) is 6. The average Bonchev–Trinajstić information content (AvgIpc) is 3.37. The van der Waals surface area contributed by atoms with Gasteiger partial charge in [-0.1, -0.05) is 63.6 Å². The Morgan fingerprint density at radius 2 is 1.39 bits per heavy atom. The van der Waals surface area contributed by atoms with Crippen molar-refractivity contribution in [2.45, 2.75) is 122 Å². The fourth-order valence-electron chi connectivity index (χ4n) is 5.03. The lowest BCUT2D eigenvalue weighted by atomic mass is 10.0. The molecule has 3 atom stereocenters. The lowest BCUT2D eigenvalue weighted by Gasteiger charge is -2.27. The van der Waals surface area contributed by atoms with Gasteiger partial charge in [0.25, 0.3) is 0 Å². The summed E-state index contributed by atoms with van der Waals surface area (Å²) in [5.41, 5.74) is 6.25. The number of para-hydroxylation sites is 1. The van der Waals surface area contributed by atoms with E-state index in [1.807, 2.05) is 24.3 Å². The second kappa shape index (κ2) is 18.5. The number of benzene rings is 1. The van der Waals surface area contributed by atoms with E-state index in [0.717, 1.165) is 48.6 Å². The van der Waals surface area contributed by atoms with E-state index in [1.165, 1.54) is 6.42 Å². The van der Waals surface area contributed by atoms with Crippen LogP contribution in [-0.2, 0) is 35.2 Å². The average molecular weight is 643 g/mol. The van der Waals surface area contributed by atoms with Gasteiger partial charge in [-0.25, -0.2) is 0 Å². The van der Waals surface area contributed by atoms with E-state index in [1.54, 1.807) is 27.0 Å². The molecular formula is C33H50N6O7. The largest absolute Gasteiger partial charge is 0.481 e. The molecule has 1 heterocycles. The van der Waals surface area contributed by atoms with Gasteiger partial charge in [-0.05, 0) is 38.8 Å². The van der Waals surface area contributed by atoms with E-state index in [0.29, 0.717) is 6.42 Å². The summed E-state index contributed by atoms with van der Waals surface area (Å²) in [4.78, 5) is 79.2. The van der Waals surface area contributed by atoms with Crippen LogP contribution in [0.5, 0.6) is 0 Å². The molecule has 0 bridgehead atoms. The summed E-state index contributed by atoms with van der Waals surface area (Å²) in [5, 5.41) is 20.4. The molecule has 13 nitrogen and oxygen atoms in total.